The van der Waals surface area contributed by atoms with Crippen molar-refractivity contribution in [2.75, 3.05) is 20.1 Å². The van der Waals surface area contributed by atoms with Crippen molar-refractivity contribution in [1.82, 2.24) is 10.2 Å². The zero-order valence-electron chi connectivity index (χ0n) is 11.0. The molecule has 0 radical (unpaired) electrons. The lowest BCUT2D eigenvalue weighted by atomic mass is 10.0. The van der Waals surface area contributed by atoms with Gasteiger partial charge in [-0.25, -0.2) is 4.39 Å². The average Bonchev–Trinajstić information content (AvgIpc) is 2.39. The fourth-order valence-corrected chi connectivity index (χ4v) is 2.38. The second kappa shape index (κ2) is 6.02. The Balaban J connectivity index is 2.01. The third kappa shape index (κ3) is 3.44. The van der Waals surface area contributed by atoms with E-state index in [9.17, 15) is 9.18 Å². The zero-order valence-corrected chi connectivity index (χ0v) is 11.0. The highest BCUT2D eigenvalue weighted by Gasteiger charge is 2.20. The van der Waals surface area contributed by atoms with Crippen molar-refractivity contribution in [1.29, 1.82) is 0 Å². The molecule has 1 fully saturated rings. The van der Waals surface area contributed by atoms with Gasteiger partial charge in [0.1, 0.15) is 11.6 Å². The van der Waals surface area contributed by atoms with Crippen LogP contribution in [0.15, 0.2) is 18.2 Å². The first kappa shape index (κ1) is 13.8. The first-order chi connectivity index (χ1) is 9.08. The highest BCUT2D eigenvalue weighted by atomic mass is 19.1. The van der Waals surface area contributed by atoms with Gasteiger partial charge in [0.2, 0.25) is 0 Å². The molecule has 1 aromatic carbocycles. The standard InChI is InChI=1S/C14H19FN2O2/c1-17(9-10-4-2-3-7-16-10)14(19)12-6-5-11(18)8-13(12)15/h5-6,8,10,16,18H,2-4,7,9H2,1H3. The van der Waals surface area contributed by atoms with Crippen molar-refractivity contribution in [2.45, 2.75) is 25.3 Å². The number of halogens is 1. The number of amides is 1. The van der Waals surface area contributed by atoms with Crippen molar-refractivity contribution in [3.05, 3.63) is 29.6 Å². The average molecular weight is 266 g/mol. The van der Waals surface area contributed by atoms with Crippen LogP contribution in [0.2, 0.25) is 0 Å². The van der Waals surface area contributed by atoms with Gasteiger partial charge >= 0.3 is 0 Å². The first-order valence-electron chi connectivity index (χ1n) is 6.55. The maximum atomic E-state index is 13.6. The molecule has 0 aromatic heterocycles. The molecule has 104 valence electrons. The van der Waals surface area contributed by atoms with Gasteiger partial charge in [-0.1, -0.05) is 6.42 Å². The Labute approximate surface area is 112 Å². The summed E-state index contributed by atoms with van der Waals surface area (Å²) >= 11 is 0. The van der Waals surface area contributed by atoms with Gasteiger partial charge in [-0.3, -0.25) is 4.79 Å². The minimum atomic E-state index is -0.687. The van der Waals surface area contributed by atoms with Gasteiger partial charge in [-0.2, -0.15) is 0 Å². The zero-order chi connectivity index (χ0) is 13.8. The maximum Gasteiger partial charge on any atom is 0.256 e. The van der Waals surface area contributed by atoms with Gasteiger partial charge in [0.25, 0.3) is 5.91 Å². The van der Waals surface area contributed by atoms with Gasteiger partial charge in [0, 0.05) is 25.7 Å². The SMILES string of the molecule is CN(CC1CCCCN1)C(=O)c1ccc(O)cc1F. The quantitative estimate of drug-likeness (QED) is 0.876. The highest BCUT2D eigenvalue weighted by molar-refractivity contribution is 5.94. The van der Waals surface area contributed by atoms with Crippen molar-refractivity contribution >= 4 is 5.91 Å². The number of benzene rings is 1. The Morgan fingerprint density at radius 2 is 2.32 bits per heavy atom. The number of carbonyl (C=O) groups excluding carboxylic acids is 1. The number of nitrogens with zero attached hydrogens (tertiary/aromatic N) is 1. The van der Waals surface area contributed by atoms with Crippen LogP contribution in [0.4, 0.5) is 4.39 Å². The van der Waals surface area contributed by atoms with E-state index < -0.39 is 5.82 Å². The normalized spacial score (nSPS) is 19.2. The molecule has 1 heterocycles. The largest absolute Gasteiger partial charge is 0.508 e. The molecule has 1 aromatic rings. The summed E-state index contributed by atoms with van der Waals surface area (Å²) in [4.78, 5) is 13.7. The van der Waals surface area contributed by atoms with Gasteiger partial charge in [0.05, 0.1) is 5.56 Å². The second-order valence-electron chi connectivity index (χ2n) is 5.00. The number of likely N-dealkylation sites (N-methyl/N-ethyl adjacent to an activating group) is 1. The van der Waals surface area contributed by atoms with Crippen LogP contribution >= 0.6 is 0 Å². The molecular weight excluding hydrogens is 247 g/mol. The summed E-state index contributed by atoms with van der Waals surface area (Å²) in [6.07, 6.45) is 3.36. The minimum Gasteiger partial charge on any atom is -0.508 e. The molecule has 4 nitrogen and oxygen atoms in total. The predicted molar refractivity (Wildman–Crippen MR) is 70.7 cm³/mol. The van der Waals surface area contributed by atoms with Gasteiger partial charge < -0.3 is 15.3 Å². The molecule has 1 atom stereocenters. The Kier molecular flexibility index (Phi) is 4.37. The lowest BCUT2D eigenvalue weighted by Gasteiger charge is -2.28. The summed E-state index contributed by atoms with van der Waals surface area (Å²) < 4.78 is 13.6. The summed E-state index contributed by atoms with van der Waals surface area (Å²) in [6.45, 7) is 1.54. The van der Waals surface area contributed by atoms with Crippen molar-refractivity contribution in [3.63, 3.8) is 0 Å². The van der Waals surface area contributed by atoms with E-state index in [-0.39, 0.29) is 23.3 Å². The summed E-state index contributed by atoms with van der Waals surface area (Å²) in [6, 6.07) is 3.88. The number of hydrogen-bond donors (Lipinski definition) is 2. The number of rotatable bonds is 3. The summed E-state index contributed by atoms with van der Waals surface area (Å²) in [7, 11) is 1.67. The minimum absolute atomic E-state index is 0.00360. The topological polar surface area (TPSA) is 52.6 Å². The molecule has 2 N–H and O–H groups in total. The number of hydrogen-bond acceptors (Lipinski definition) is 3. The molecule has 1 unspecified atom stereocenters. The van der Waals surface area contributed by atoms with Gasteiger partial charge in [0.15, 0.2) is 0 Å². The monoisotopic (exact) mass is 266 g/mol. The van der Waals surface area contributed by atoms with Crippen LogP contribution in [-0.2, 0) is 0 Å². The molecule has 1 aliphatic rings. The maximum absolute atomic E-state index is 13.6. The van der Waals surface area contributed by atoms with Crippen LogP contribution in [0, 0.1) is 5.82 Å². The van der Waals surface area contributed by atoms with Gasteiger partial charge in [-0.15, -0.1) is 0 Å². The number of phenols is 1. The van der Waals surface area contributed by atoms with Crippen molar-refractivity contribution in [3.8, 4) is 5.75 Å². The van der Waals surface area contributed by atoms with E-state index >= 15 is 0 Å². The van der Waals surface area contributed by atoms with E-state index in [2.05, 4.69) is 5.32 Å². The number of phenolic OH excluding ortho intramolecular Hbond substituents is 1. The van der Waals surface area contributed by atoms with Crippen LogP contribution in [0.5, 0.6) is 5.75 Å². The number of carbonyl (C=O) groups is 1. The van der Waals surface area contributed by atoms with Crippen LogP contribution in [-0.4, -0.2) is 42.1 Å². The molecule has 1 aliphatic heterocycles. The fourth-order valence-electron chi connectivity index (χ4n) is 2.38. The third-order valence-corrected chi connectivity index (χ3v) is 3.44. The number of piperidine rings is 1. The highest BCUT2D eigenvalue weighted by Crippen LogP contribution is 2.17. The van der Waals surface area contributed by atoms with Crippen LogP contribution in [0.3, 0.4) is 0 Å². The van der Waals surface area contributed by atoms with Crippen molar-refractivity contribution < 1.29 is 14.3 Å². The Bertz CT molecular complexity index is 459. The summed E-state index contributed by atoms with van der Waals surface area (Å²) in [5.74, 6) is -1.22. The molecule has 1 amide bonds. The van der Waals surface area contributed by atoms with Crippen molar-refractivity contribution in [2.24, 2.45) is 0 Å². The first-order valence-corrected chi connectivity index (χ1v) is 6.55. The van der Waals surface area contributed by atoms with E-state index in [1.165, 1.54) is 23.5 Å². The Morgan fingerprint density at radius 1 is 1.53 bits per heavy atom. The summed E-state index contributed by atoms with van der Waals surface area (Å²) in [5.41, 5.74) is -0.00360. The third-order valence-electron chi connectivity index (χ3n) is 3.44. The number of aromatic hydroxyl groups is 1. The predicted octanol–water partition coefficient (Wildman–Crippen LogP) is 1.75. The Hall–Kier alpha value is -1.62. The molecule has 0 bridgehead atoms. The molecular formula is C14H19FN2O2. The second-order valence-corrected chi connectivity index (χ2v) is 5.00. The van der Waals surface area contributed by atoms with E-state index in [1.807, 2.05) is 0 Å². The molecule has 5 heteroatoms. The lowest BCUT2D eigenvalue weighted by Crippen LogP contribution is -2.44. The smallest absolute Gasteiger partial charge is 0.256 e. The van der Waals surface area contributed by atoms with Crippen LogP contribution < -0.4 is 5.32 Å². The van der Waals surface area contributed by atoms with E-state index in [4.69, 9.17) is 5.11 Å². The van der Waals surface area contributed by atoms with Crippen LogP contribution in [0.1, 0.15) is 29.6 Å². The fraction of sp³-hybridized carbons (Fsp3) is 0.500. The molecule has 0 aliphatic carbocycles. The molecule has 1 saturated heterocycles. The molecule has 2 rings (SSSR count). The van der Waals surface area contributed by atoms with Crippen LogP contribution in [0.25, 0.3) is 0 Å². The van der Waals surface area contributed by atoms with E-state index in [0.717, 1.165) is 25.5 Å². The molecule has 19 heavy (non-hydrogen) atoms. The van der Waals surface area contributed by atoms with E-state index in [0.29, 0.717) is 6.54 Å². The Morgan fingerprint density at radius 3 is 2.95 bits per heavy atom. The summed E-state index contributed by atoms with van der Waals surface area (Å²) in [5, 5.41) is 12.5. The number of nitrogens with one attached hydrogen (secondary N) is 1. The van der Waals surface area contributed by atoms with E-state index in [1.54, 1.807) is 7.05 Å². The molecule has 0 saturated carbocycles. The van der Waals surface area contributed by atoms with Gasteiger partial charge in [-0.05, 0) is 31.5 Å². The lowest BCUT2D eigenvalue weighted by molar-refractivity contribution is 0.0770. The molecule has 0 spiro atoms.